The Kier molecular flexibility index (Phi) is 8.45. The molecule has 0 spiro atoms. The normalized spacial score (nSPS) is 16.9. The lowest BCUT2D eigenvalue weighted by molar-refractivity contribution is -0.120. The molecule has 2 amide bonds. The first kappa shape index (κ1) is 25.1. The second-order valence-electron chi connectivity index (χ2n) is 8.17. The molecule has 0 aliphatic carbocycles. The van der Waals surface area contributed by atoms with E-state index in [1.807, 2.05) is 6.92 Å². The minimum absolute atomic E-state index is 0.0270. The Morgan fingerprint density at radius 2 is 1.91 bits per heavy atom. The Labute approximate surface area is 198 Å². The van der Waals surface area contributed by atoms with Crippen molar-refractivity contribution in [1.82, 2.24) is 14.9 Å². The first-order valence-corrected chi connectivity index (χ1v) is 12.6. The van der Waals surface area contributed by atoms with Gasteiger partial charge in [0.2, 0.25) is 15.9 Å². The zero-order valence-corrected chi connectivity index (χ0v) is 19.9. The van der Waals surface area contributed by atoms with E-state index in [1.54, 1.807) is 6.07 Å². The summed E-state index contributed by atoms with van der Waals surface area (Å²) >= 11 is 6.17. The molecule has 1 atom stereocenters. The highest BCUT2D eigenvalue weighted by molar-refractivity contribution is 7.89. The third-order valence-electron chi connectivity index (χ3n) is 5.42. The topological polar surface area (TPSA) is 95.6 Å². The van der Waals surface area contributed by atoms with E-state index in [0.29, 0.717) is 18.7 Å². The summed E-state index contributed by atoms with van der Waals surface area (Å²) in [6.07, 6.45) is 1.78. The van der Waals surface area contributed by atoms with Crippen molar-refractivity contribution in [3.8, 4) is 0 Å². The van der Waals surface area contributed by atoms with E-state index in [1.165, 1.54) is 40.7 Å². The first-order valence-electron chi connectivity index (χ1n) is 10.8. The highest BCUT2D eigenvalue weighted by Gasteiger charge is 2.30. The van der Waals surface area contributed by atoms with Crippen LogP contribution in [0, 0.1) is 11.7 Å². The van der Waals surface area contributed by atoms with Gasteiger partial charge in [-0.1, -0.05) is 30.7 Å². The lowest BCUT2D eigenvalue weighted by atomic mass is 10.0. The van der Waals surface area contributed by atoms with Crippen LogP contribution in [0.1, 0.15) is 35.7 Å². The van der Waals surface area contributed by atoms with Crippen LogP contribution in [-0.2, 0) is 21.2 Å². The Morgan fingerprint density at radius 3 is 2.64 bits per heavy atom. The molecule has 0 radical (unpaired) electrons. The van der Waals surface area contributed by atoms with Crippen LogP contribution in [0.25, 0.3) is 0 Å². The van der Waals surface area contributed by atoms with Gasteiger partial charge in [0.1, 0.15) is 10.7 Å². The van der Waals surface area contributed by atoms with Crippen LogP contribution in [-0.4, -0.2) is 50.7 Å². The van der Waals surface area contributed by atoms with Crippen LogP contribution in [0.3, 0.4) is 0 Å². The monoisotopic (exact) mass is 495 g/mol. The molecule has 1 fully saturated rings. The van der Waals surface area contributed by atoms with Crippen LogP contribution in [0.15, 0.2) is 47.4 Å². The lowest BCUT2D eigenvalue weighted by Gasteiger charge is -2.30. The van der Waals surface area contributed by atoms with Gasteiger partial charge in [-0.2, -0.15) is 4.31 Å². The van der Waals surface area contributed by atoms with E-state index in [0.717, 1.165) is 12.8 Å². The van der Waals surface area contributed by atoms with Crippen molar-refractivity contribution in [3.63, 3.8) is 0 Å². The van der Waals surface area contributed by atoms with Crippen molar-refractivity contribution in [2.24, 2.45) is 5.92 Å². The summed E-state index contributed by atoms with van der Waals surface area (Å²) in [7, 11) is -3.81. The highest BCUT2D eigenvalue weighted by Crippen LogP contribution is 2.29. The molecule has 0 aromatic heterocycles. The third kappa shape index (κ3) is 6.75. The maximum absolute atomic E-state index is 13.2. The van der Waals surface area contributed by atoms with E-state index in [4.69, 9.17) is 11.6 Å². The van der Waals surface area contributed by atoms with E-state index in [-0.39, 0.29) is 46.8 Å². The first-order chi connectivity index (χ1) is 15.7. The Morgan fingerprint density at radius 1 is 1.15 bits per heavy atom. The van der Waals surface area contributed by atoms with Crippen molar-refractivity contribution >= 4 is 33.4 Å². The van der Waals surface area contributed by atoms with Crippen LogP contribution >= 0.6 is 11.6 Å². The molecule has 33 heavy (non-hydrogen) atoms. The minimum Gasteiger partial charge on any atom is -0.354 e. The number of hydrogen-bond donors (Lipinski definition) is 2. The molecule has 178 valence electrons. The summed E-state index contributed by atoms with van der Waals surface area (Å²) in [4.78, 5) is 24.4. The van der Waals surface area contributed by atoms with Crippen molar-refractivity contribution < 1.29 is 22.4 Å². The van der Waals surface area contributed by atoms with Gasteiger partial charge in [-0.3, -0.25) is 9.59 Å². The maximum Gasteiger partial charge on any atom is 0.251 e. The lowest BCUT2D eigenvalue weighted by Crippen LogP contribution is -2.39. The van der Waals surface area contributed by atoms with Gasteiger partial charge in [-0.15, -0.1) is 0 Å². The molecule has 2 aromatic carbocycles. The number of carbonyl (C=O) groups excluding carboxylic acids is 2. The number of sulfonamides is 1. The number of hydrogen-bond acceptors (Lipinski definition) is 4. The summed E-state index contributed by atoms with van der Waals surface area (Å²) in [5.74, 6) is -0.929. The summed E-state index contributed by atoms with van der Waals surface area (Å²) in [5, 5.41) is 5.36. The fourth-order valence-electron chi connectivity index (χ4n) is 3.72. The van der Waals surface area contributed by atoms with Gasteiger partial charge in [0.05, 0.1) is 11.4 Å². The largest absolute Gasteiger partial charge is 0.354 e. The van der Waals surface area contributed by atoms with Gasteiger partial charge in [0, 0.05) is 31.7 Å². The Bertz CT molecular complexity index is 1130. The molecule has 0 bridgehead atoms. The van der Waals surface area contributed by atoms with Crippen LogP contribution in [0.4, 0.5) is 4.39 Å². The number of carbonyl (C=O) groups is 2. The van der Waals surface area contributed by atoms with Crippen molar-refractivity contribution in [1.29, 1.82) is 0 Å². The van der Waals surface area contributed by atoms with Crippen molar-refractivity contribution in [3.05, 3.63) is 64.4 Å². The number of halogens is 2. The van der Waals surface area contributed by atoms with Crippen LogP contribution in [0.2, 0.25) is 5.02 Å². The molecule has 10 heteroatoms. The molecular formula is C23H27ClFN3O4S. The fraction of sp³-hybridized carbons (Fsp3) is 0.391. The van der Waals surface area contributed by atoms with Gasteiger partial charge >= 0.3 is 0 Å². The number of rotatable bonds is 8. The van der Waals surface area contributed by atoms with E-state index in [2.05, 4.69) is 10.6 Å². The summed E-state index contributed by atoms with van der Waals surface area (Å²) in [5.41, 5.74) is 0.712. The Balaban J connectivity index is 1.55. The van der Waals surface area contributed by atoms with Crippen molar-refractivity contribution in [2.45, 2.75) is 31.1 Å². The van der Waals surface area contributed by atoms with Gasteiger partial charge < -0.3 is 10.6 Å². The summed E-state index contributed by atoms with van der Waals surface area (Å²) in [6.45, 7) is 3.16. The number of nitrogens with zero attached hydrogens (tertiary/aromatic N) is 1. The molecule has 1 aliphatic rings. The summed E-state index contributed by atoms with van der Waals surface area (Å²) < 4.78 is 40.8. The molecule has 1 heterocycles. The quantitative estimate of drug-likeness (QED) is 0.550. The SMILES string of the molecule is CC1CCCN(S(=O)(=O)c2cc(C(=O)NCCNC(=O)Cc3cccc(F)c3)ccc2Cl)C1. The van der Waals surface area contributed by atoms with Gasteiger partial charge in [-0.05, 0) is 54.7 Å². The summed E-state index contributed by atoms with van der Waals surface area (Å²) in [6, 6.07) is 9.92. The van der Waals surface area contributed by atoms with E-state index >= 15 is 0 Å². The molecule has 1 saturated heterocycles. The second kappa shape index (κ2) is 11.1. The molecule has 2 N–H and O–H groups in total. The highest BCUT2D eigenvalue weighted by atomic mass is 35.5. The molecule has 1 unspecified atom stereocenters. The Hall–Kier alpha value is -2.49. The standard InChI is InChI=1S/C23H27ClFN3O4S/c1-16-4-3-11-28(15-16)33(31,32)21-14-18(7-8-20(21)24)23(30)27-10-9-26-22(29)13-17-5-2-6-19(25)12-17/h2,5-8,12,14,16H,3-4,9-11,13,15H2,1H3,(H,26,29)(H,27,30). The molecule has 7 nitrogen and oxygen atoms in total. The van der Waals surface area contributed by atoms with Crippen LogP contribution < -0.4 is 10.6 Å². The molecular weight excluding hydrogens is 469 g/mol. The number of nitrogens with one attached hydrogen (secondary N) is 2. The third-order valence-corrected chi connectivity index (χ3v) is 7.76. The molecule has 0 saturated carbocycles. The fourth-order valence-corrected chi connectivity index (χ4v) is 5.82. The number of amides is 2. The van der Waals surface area contributed by atoms with Crippen LogP contribution in [0.5, 0.6) is 0 Å². The predicted octanol–water partition coefficient (Wildman–Crippen LogP) is 2.99. The average Bonchev–Trinajstić information content (AvgIpc) is 2.77. The molecule has 3 rings (SSSR count). The van der Waals surface area contributed by atoms with E-state index < -0.39 is 21.7 Å². The number of benzene rings is 2. The van der Waals surface area contributed by atoms with Gasteiger partial charge in [0.25, 0.3) is 5.91 Å². The second-order valence-corrected chi connectivity index (χ2v) is 10.5. The number of piperidine rings is 1. The molecule has 1 aliphatic heterocycles. The van der Waals surface area contributed by atoms with Gasteiger partial charge in [-0.25, -0.2) is 12.8 Å². The zero-order valence-electron chi connectivity index (χ0n) is 18.3. The average molecular weight is 496 g/mol. The maximum atomic E-state index is 13.2. The zero-order chi connectivity index (χ0) is 24.0. The van der Waals surface area contributed by atoms with Crippen molar-refractivity contribution in [2.75, 3.05) is 26.2 Å². The van der Waals surface area contributed by atoms with Gasteiger partial charge in [0.15, 0.2) is 0 Å². The molecule has 2 aromatic rings. The van der Waals surface area contributed by atoms with E-state index in [9.17, 15) is 22.4 Å². The smallest absolute Gasteiger partial charge is 0.251 e. The predicted molar refractivity (Wildman–Crippen MR) is 124 cm³/mol. The minimum atomic E-state index is -3.81.